The van der Waals surface area contributed by atoms with Crippen molar-refractivity contribution in [2.24, 2.45) is 0 Å². The Bertz CT molecular complexity index is 1330. The smallest absolute Gasteiger partial charge is 0.264 e. The molecule has 7 nitrogen and oxygen atoms in total. The van der Waals surface area contributed by atoms with E-state index >= 15 is 0 Å². The number of nitrogens with one attached hydrogen (secondary N) is 1. The molecule has 0 bridgehead atoms. The lowest BCUT2D eigenvalue weighted by molar-refractivity contribution is 1.03. The number of aromatic amines is 1. The minimum Gasteiger partial charge on any atom is -0.368 e. The van der Waals surface area contributed by atoms with Crippen LogP contribution in [0.15, 0.2) is 53.6 Å². The molecule has 1 aliphatic carbocycles. The number of anilines is 1. The molecule has 4 aromatic rings. The van der Waals surface area contributed by atoms with Crippen LogP contribution < -0.4 is 11.3 Å². The number of aromatic nitrogens is 5. The second-order valence-corrected chi connectivity index (χ2v) is 6.19. The van der Waals surface area contributed by atoms with Gasteiger partial charge in [0.25, 0.3) is 5.56 Å². The number of pyridine rings is 2. The fraction of sp³-hybridized carbons (Fsp3) is 0.0526. The van der Waals surface area contributed by atoms with Crippen LogP contribution in [0.25, 0.3) is 38.9 Å². The van der Waals surface area contributed by atoms with Crippen molar-refractivity contribution in [3.8, 4) is 11.1 Å². The van der Waals surface area contributed by atoms with Gasteiger partial charge in [-0.05, 0) is 37.3 Å². The third-order valence-electron chi connectivity index (χ3n) is 4.57. The van der Waals surface area contributed by atoms with Crippen molar-refractivity contribution >= 4 is 33.7 Å². The largest absolute Gasteiger partial charge is 0.368 e. The van der Waals surface area contributed by atoms with Gasteiger partial charge in [-0.25, -0.2) is 9.97 Å². The highest BCUT2D eigenvalue weighted by atomic mass is 16.1. The lowest BCUT2D eigenvalue weighted by Gasteiger charge is -2.16. The number of rotatable bonds is 2. The maximum absolute atomic E-state index is 13.3. The molecular formula is C19H14N6O. The van der Waals surface area contributed by atoms with Crippen LogP contribution in [-0.2, 0) is 0 Å². The first-order chi connectivity index (χ1) is 12.6. The highest BCUT2D eigenvalue weighted by Gasteiger charge is 2.18. The number of allylic oxidation sites excluding steroid dienone is 4. The fourth-order valence-electron chi connectivity index (χ4n) is 3.21. The van der Waals surface area contributed by atoms with E-state index in [2.05, 4.69) is 19.9 Å². The molecule has 26 heavy (non-hydrogen) atoms. The van der Waals surface area contributed by atoms with E-state index in [-0.39, 0.29) is 11.5 Å². The number of nitrogen functional groups attached to an aromatic ring is 1. The quantitative estimate of drug-likeness (QED) is 0.583. The van der Waals surface area contributed by atoms with E-state index in [1.54, 1.807) is 10.8 Å². The number of aryl methyl sites for hydroxylation is 1. The summed E-state index contributed by atoms with van der Waals surface area (Å²) < 4.78 is 1.58. The third-order valence-corrected chi connectivity index (χ3v) is 4.57. The summed E-state index contributed by atoms with van der Waals surface area (Å²) in [4.78, 5) is 29.3. The van der Waals surface area contributed by atoms with Gasteiger partial charge in [0, 0.05) is 34.3 Å². The van der Waals surface area contributed by atoms with Gasteiger partial charge in [-0.15, -0.1) is 0 Å². The van der Waals surface area contributed by atoms with Gasteiger partial charge < -0.3 is 10.7 Å². The van der Waals surface area contributed by atoms with Gasteiger partial charge in [0.1, 0.15) is 5.65 Å². The molecule has 0 fully saturated rings. The Morgan fingerprint density at radius 3 is 2.85 bits per heavy atom. The number of nitrogens with two attached hydrogens (primary N) is 1. The Hall–Kier alpha value is -3.74. The highest BCUT2D eigenvalue weighted by molar-refractivity contribution is 5.89. The predicted octanol–water partition coefficient (Wildman–Crippen LogP) is 2.64. The fourth-order valence-corrected chi connectivity index (χ4v) is 3.21. The zero-order valence-corrected chi connectivity index (χ0v) is 13.9. The van der Waals surface area contributed by atoms with E-state index in [4.69, 9.17) is 5.73 Å². The summed E-state index contributed by atoms with van der Waals surface area (Å²) >= 11 is 0. The van der Waals surface area contributed by atoms with Crippen LogP contribution in [0.2, 0.25) is 0 Å². The number of hydrogen-bond donors (Lipinski definition) is 2. The molecule has 0 aliphatic heterocycles. The second-order valence-electron chi connectivity index (χ2n) is 6.19. The van der Waals surface area contributed by atoms with Gasteiger partial charge in [-0.2, -0.15) is 4.98 Å². The lowest BCUT2D eigenvalue weighted by Crippen LogP contribution is -2.23. The average molecular weight is 342 g/mol. The van der Waals surface area contributed by atoms with Gasteiger partial charge in [0.05, 0.1) is 11.4 Å². The van der Waals surface area contributed by atoms with E-state index in [0.29, 0.717) is 11.2 Å². The summed E-state index contributed by atoms with van der Waals surface area (Å²) in [5.74, 6) is 0.148. The van der Waals surface area contributed by atoms with Crippen LogP contribution in [-0.4, -0.2) is 24.5 Å². The third kappa shape index (κ3) is 2.00. The van der Waals surface area contributed by atoms with E-state index in [0.717, 1.165) is 33.4 Å². The summed E-state index contributed by atoms with van der Waals surface area (Å²) in [6.07, 6.45) is 9.14. The van der Waals surface area contributed by atoms with Crippen molar-refractivity contribution in [1.29, 1.82) is 0 Å². The average Bonchev–Trinajstić information content (AvgIpc) is 3.03. The molecule has 0 atom stereocenters. The molecular weight excluding hydrogens is 328 g/mol. The molecule has 0 spiro atoms. The second kappa shape index (κ2) is 5.13. The maximum Gasteiger partial charge on any atom is 0.264 e. The molecule has 0 saturated heterocycles. The number of nitrogens with zero attached hydrogens (tertiary/aromatic N) is 4. The van der Waals surface area contributed by atoms with Crippen LogP contribution in [0.5, 0.6) is 0 Å². The molecule has 0 radical (unpaired) electrons. The van der Waals surface area contributed by atoms with Gasteiger partial charge in [-0.3, -0.25) is 9.36 Å². The summed E-state index contributed by atoms with van der Waals surface area (Å²) in [6.45, 7) is 1.86. The van der Waals surface area contributed by atoms with Crippen LogP contribution >= 0.6 is 0 Å². The van der Waals surface area contributed by atoms with Crippen LogP contribution in [0, 0.1) is 6.92 Å². The topological polar surface area (TPSA) is 102 Å². The Morgan fingerprint density at radius 1 is 1.23 bits per heavy atom. The summed E-state index contributed by atoms with van der Waals surface area (Å²) in [5.41, 5.74) is 9.74. The number of hydrogen-bond acceptors (Lipinski definition) is 5. The van der Waals surface area contributed by atoms with Gasteiger partial charge in [-0.1, -0.05) is 6.08 Å². The van der Waals surface area contributed by atoms with Gasteiger partial charge in [0.15, 0.2) is 5.65 Å². The Labute approximate surface area is 147 Å². The first kappa shape index (κ1) is 14.6. The molecule has 3 N–H and O–H groups in total. The van der Waals surface area contributed by atoms with Crippen molar-refractivity contribution in [3.05, 3.63) is 64.9 Å². The summed E-state index contributed by atoms with van der Waals surface area (Å²) in [6, 6.07) is 5.70. The first-order valence-electron chi connectivity index (χ1n) is 8.14. The number of fused-ring (bicyclic) bond motifs is 2. The molecule has 0 unspecified atom stereocenters. The Kier molecular flexibility index (Phi) is 2.88. The summed E-state index contributed by atoms with van der Waals surface area (Å²) in [5, 5.41) is 1.73. The molecule has 0 amide bonds. The minimum absolute atomic E-state index is 0.148. The van der Waals surface area contributed by atoms with Crippen molar-refractivity contribution in [2.75, 3.05) is 5.73 Å². The Balaban J connectivity index is 1.88. The van der Waals surface area contributed by atoms with Crippen LogP contribution in [0.3, 0.4) is 0 Å². The van der Waals surface area contributed by atoms with Crippen LogP contribution in [0.4, 0.5) is 5.95 Å². The maximum atomic E-state index is 13.3. The van der Waals surface area contributed by atoms with Crippen molar-refractivity contribution in [1.82, 2.24) is 24.5 Å². The molecule has 5 rings (SSSR count). The van der Waals surface area contributed by atoms with E-state index in [1.807, 2.05) is 49.5 Å². The minimum atomic E-state index is -0.165. The molecule has 4 heterocycles. The predicted molar refractivity (Wildman–Crippen MR) is 101 cm³/mol. The van der Waals surface area contributed by atoms with Gasteiger partial charge >= 0.3 is 0 Å². The molecule has 0 aromatic carbocycles. The highest BCUT2D eigenvalue weighted by Crippen LogP contribution is 2.27. The Morgan fingerprint density at radius 2 is 2.08 bits per heavy atom. The van der Waals surface area contributed by atoms with Gasteiger partial charge in [0.2, 0.25) is 5.95 Å². The first-order valence-corrected chi connectivity index (χ1v) is 8.14. The van der Waals surface area contributed by atoms with E-state index in [1.165, 1.54) is 0 Å². The number of H-pyrrole nitrogens is 1. The van der Waals surface area contributed by atoms with E-state index < -0.39 is 0 Å². The van der Waals surface area contributed by atoms with E-state index in [9.17, 15) is 4.79 Å². The summed E-state index contributed by atoms with van der Waals surface area (Å²) in [7, 11) is 0. The SMILES string of the molecule is Cc1nc(N)nc2c1cc(-c1cnc3[nH]ccc3c1)c(=O)n2C1=CC=C1. The molecule has 126 valence electrons. The zero-order chi connectivity index (χ0) is 17.8. The van der Waals surface area contributed by atoms with Crippen molar-refractivity contribution in [2.45, 2.75) is 6.92 Å². The lowest BCUT2D eigenvalue weighted by atomic mass is 10.1. The van der Waals surface area contributed by atoms with Crippen molar-refractivity contribution in [3.63, 3.8) is 0 Å². The van der Waals surface area contributed by atoms with Crippen molar-refractivity contribution < 1.29 is 0 Å². The standard InChI is InChI=1S/C19H14N6O/c1-10-14-8-15(12-7-11-5-6-21-16(11)22-9-12)18(26)25(13-3-2-4-13)17(14)24-19(20)23-10/h2-9H,1H3,(H,21,22)(H2,20,23,24). The van der Waals surface area contributed by atoms with Crippen LogP contribution in [0.1, 0.15) is 5.69 Å². The normalized spacial score (nSPS) is 13.2. The molecule has 1 aliphatic rings. The zero-order valence-electron chi connectivity index (χ0n) is 13.9. The molecule has 4 aromatic heterocycles. The molecule has 7 heteroatoms. The monoisotopic (exact) mass is 342 g/mol. The molecule has 0 saturated carbocycles.